The summed E-state index contributed by atoms with van der Waals surface area (Å²) >= 11 is 6.31. The zero-order valence-corrected chi connectivity index (χ0v) is 16.4. The molecule has 0 bridgehead atoms. The molecule has 0 amide bonds. The van der Waals surface area contributed by atoms with Gasteiger partial charge in [-0.2, -0.15) is 0 Å². The SMILES string of the molecule is CC=N/C=C(\C)c1ccc(Cl)cc1C(C)CC(C)C1CCCCC1. The summed E-state index contributed by atoms with van der Waals surface area (Å²) in [6, 6.07) is 6.29. The first-order valence-electron chi connectivity index (χ1n) is 9.47. The van der Waals surface area contributed by atoms with E-state index in [1.54, 1.807) is 0 Å². The van der Waals surface area contributed by atoms with Crippen molar-refractivity contribution in [3.8, 4) is 0 Å². The molecule has 0 radical (unpaired) electrons. The molecule has 1 fully saturated rings. The predicted octanol–water partition coefficient (Wildman–Crippen LogP) is 7.50. The fourth-order valence-corrected chi connectivity index (χ4v) is 4.32. The van der Waals surface area contributed by atoms with Crippen molar-refractivity contribution in [3.05, 3.63) is 40.5 Å². The molecule has 1 aromatic rings. The van der Waals surface area contributed by atoms with Crippen LogP contribution in [0, 0.1) is 11.8 Å². The van der Waals surface area contributed by atoms with Crippen LogP contribution < -0.4 is 0 Å². The van der Waals surface area contributed by atoms with Crippen molar-refractivity contribution in [2.24, 2.45) is 16.8 Å². The van der Waals surface area contributed by atoms with E-state index in [1.807, 2.05) is 25.4 Å². The van der Waals surface area contributed by atoms with Crippen molar-refractivity contribution in [1.29, 1.82) is 0 Å². The van der Waals surface area contributed by atoms with Gasteiger partial charge in [-0.15, -0.1) is 0 Å². The minimum absolute atomic E-state index is 0.518. The molecule has 2 rings (SSSR count). The summed E-state index contributed by atoms with van der Waals surface area (Å²) in [6.45, 7) is 8.88. The van der Waals surface area contributed by atoms with Gasteiger partial charge in [-0.05, 0) is 66.9 Å². The monoisotopic (exact) mass is 345 g/mol. The molecular formula is C22H32ClN. The molecule has 2 heteroatoms. The quantitative estimate of drug-likeness (QED) is 0.473. The molecule has 132 valence electrons. The number of hydrogen-bond acceptors (Lipinski definition) is 1. The molecule has 24 heavy (non-hydrogen) atoms. The predicted molar refractivity (Wildman–Crippen MR) is 108 cm³/mol. The van der Waals surface area contributed by atoms with Gasteiger partial charge in [0.15, 0.2) is 0 Å². The second-order valence-corrected chi connectivity index (χ2v) is 7.90. The van der Waals surface area contributed by atoms with Crippen molar-refractivity contribution in [3.63, 3.8) is 0 Å². The minimum atomic E-state index is 0.518. The van der Waals surface area contributed by atoms with Gasteiger partial charge in [0.2, 0.25) is 0 Å². The first-order valence-corrected chi connectivity index (χ1v) is 9.85. The maximum Gasteiger partial charge on any atom is 0.0409 e. The number of halogens is 1. The third-order valence-corrected chi connectivity index (χ3v) is 5.80. The van der Waals surface area contributed by atoms with Gasteiger partial charge >= 0.3 is 0 Å². The lowest BCUT2D eigenvalue weighted by Gasteiger charge is -2.30. The van der Waals surface area contributed by atoms with E-state index in [2.05, 4.69) is 37.9 Å². The Morgan fingerprint density at radius 1 is 1.25 bits per heavy atom. The van der Waals surface area contributed by atoms with Crippen LogP contribution in [0.2, 0.25) is 5.02 Å². The Labute approximate surface area is 153 Å². The highest BCUT2D eigenvalue weighted by molar-refractivity contribution is 6.30. The number of allylic oxidation sites excluding steroid dienone is 1. The molecule has 1 nitrogen and oxygen atoms in total. The molecule has 1 aromatic carbocycles. The van der Waals surface area contributed by atoms with Crippen LogP contribution in [-0.2, 0) is 0 Å². The van der Waals surface area contributed by atoms with Crippen LogP contribution >= 0.6 is 11.6 Å². The highest BCUT2D eigenvalue weighted by atomic mass is 35.5. The zero-order valence-electron chi connectivity index (χ0n) is 15.7. The summed E-state index contributed by atoms with van der Waals surface area (Å²) in [5.74, 6) is 2.21. The highest BCUT2D eigenvalue weighted by Gasteiger charge is 2.23. The molecule has 2 unspecified atom stereocenters. The Morgan fingerprint density at radius 3 is 2.62 bits per heavy atom. The number of nitrogens with zero attached hydrogens (tertiary/aromatic N) is 1. The van der Waals surface area contributed by atoms with Crippen molar-refractivity contribution in [2.75, 3.05) is 0 Å². The molecule has 1 aliphatic rings. The first-order chi connectivity index (χ1) is 11.5. The number of benzene rings is 1. The van der Waals surface area contributed by atoms with E-state index in [-0.39, 0.29) is 0 Å². The smallest absolute Gasteiger partial charge is 0.0409 e. The topological polar surface area (TPSA) is 12.4 Å². The molecule has 1 saturated carbocycles. The summed E-state index contributed by atoms with van der Waals surface area (Å²) in [6.07, 6.45) is 12.1. The van der Waals surface area contributed by atoms with Crippen LogP contribution in [0.3, 0.4) is 0 Å². The second-order valence-electron chi connectivity index (χ2n) is 7.46. The lowest BCUT2D eigenvalue weighted by atomic mass is 9.76. The third kappa shape index (κ3) is 5.21. The standard InChI is InChI=1S/C22H32ClN/c1-5-24-15-18(4)21-12-11-20(23)14-22(21)17(3)13-16(2)19-9-7-6-8-10-19/h5,11-12,14-17,19H,6-10,13H2,1-4H3/b18-15+,24-5?. The summed E-state index contributed by atoms with van der Waals surface area (Å²) in [4.78, 5) is 4.29. The van der Waals surface area contributed by atoms with E-state index in [9.17, 15) is 0 Å². The number of rotatable bonds is 6. The van der Waals surface area contributed by atoms with Crippen LogP contribution in [0.25, 0.3) is 5.57 Å². The van der Waals surface area contributed by atoms with Gasteiger partial charge in [-0.3, -0.25) is 4.99 Å². The molecule has 1 aliphatic carbocycles. The minimum Gasteiger partial charge on any atom is -0.269 e. The van der Waals surface area contributed by atoms with E-state index in [1.165, 1.54) is 55.2 Å². The largest absolute Gasteiger partial charge is 0.269 e. The van der Waals surface area contributed by atoms with Gasteiger partial charge < -0.3 is 0 Å². The molecular weight excluding hydrogens is 314 g/mol. The number of aliphatic imine (C=N–C) groups is 1. The normalized spacial score (nSPS) is 19.6. The molecule has 0 saturated heterocycles. The van der Waals surface area contributed by atoms with E-state index in [0.29, 0.717) is 5.92 Å². The van der Waals surface area contributed by atoms with Crippen molar-refractivity contribution >= 4 is 23.4 Å². The van der Waals surface area contributed by atoms with Gasteiger partial charge in [0, 0.05) is 17.4 Å². The van der Waals surface area contributed by atoms with Crippen molar-refractivity contribution in [1.82, 2.24) is 0 Å². The van der Waals surface area contributed by atoms with Crippen LogP contribution in [0.4, 0.5) is 0 Å². The third-order valence-electron chi connectivity index (χ3n) is 5.57. The Hall–Kier alpha value is -1.08. The zero-order chi connectivity index (χ0) is 17.5. The fourth-order valence-electron chi connectivity index (χ4n) is 4.14. The van der Waals surface area contributed by atoms with Gasteiger partial charge in [-0.25, -0.2) is 0 Å². The lowest BCUT2D eigenvalue weighted by molar-refractivity contribution is 0.244. The maximum atomic E-state index is 6.31. The Bertz CT molecular complexity index is 582. The molecule has 0 spiro atoms. The maximum absolute atomic E-state index is 6.31. The molecule has 2 atom stereocenters. The Balaban J connectivity index is 2.18. The van der Waals surface area contributed by atoms with Gasteiger partial charge in [0.1, 0.15) is 0 Å². The fraction of sp³-hybridized carbons (Fsp3) is 0.591. The van der Waals surface area contributed by atoms with Crippen molar-refractivity contribution in [2.45, 2.75) is 72.1 Å². The van der Waals surface area contributed by atoms with E-state index in [4.69, 9.17) is 11.6 Å². The Kier molecular flexibility index (Phi) is 7.55. The van der Waals surface area contributed by atoms with Gasteiger partial charge in [0.25, 0.3) is 0 Å². The molecule has 0 aromatic heterocycles. The van der Waals surface area contributed by atoms with Crippen LogP contribution in [-0.4, -0.2) is 6.21 Å². The average molecular weight is 346 g/mol. The summed E-state index contributed by atoms with van der Waals surface area (Å²) < 4.78 is 0. The van der Waals surface area contributed by atoms with Crippen LogP contribution in [0.15, 0.2) is 29.4 Å². The average Bonchev–Trinajstić information content (AvgIpc) is 2.60. The van der Waals surface area contributed by atoms with Crippen LogP contribution in [0.1, 0.15) is 83.3 Å². The molecule has 0 aliphatic heterocycles. The summed E-state index contributed by atoms with van der Waals surface area (Å²) in [5, 5.41) is 0.831. The Morgan fingerprint density at radius 2 is 1.96 bits per heavy atom. The summed E-state index contributed by atoms with van der Waals surface area (Å²) in [7, 11) is 0. The van der Waals surface area contributed by atoms with E-state index in [0.717, 1.165) is 16.9 Å². The first kappa shape index (κ1) is 19.2. The molecule has 0 heterocycles. The highest BCUT2D eigenvalue weighted by Crippen LogP contribution is 2.37. The summed E-state index contributed by atoms with van der Waals surface area (Å²) in [5.41, 5.74) is 3.86. The van der Waals surface area contributed by atoms with E-state index < -0.39 is 0 Å². The number of hydrogen-bond donors (Lipinski definition) is 0. The van der Waals surface area contributed by atoms with E-state index >= 15 is 0 Å². The lowest BCUT2D eigenvalue weighted by Crippen LogP contribution is -2.17. The van der Waals surface area contributed by atoms with Gasteiger partial charge in [0.05, 0.1) is 0 Å². The van der Waals surface area contributed by atoms with Gasteiger partial charge in [-0.1, -0.05) is 63.6 Å². The van der Waals surface area contributed by atoms with Crippen molar-refractivity contribution < 1.29 is 0 Å². The molecule has 0 N–H and O–H groups in total. The second kappa shape index (κ2) is 9.42. The van der Waals surface area contributed by atoms with Crippen LogP contribution in [0.5, 0.6) is 0 Å².